The van der Waals surface area contributed by atoms with Gasteiger partial charge in [-0.15, -0.1) is 0 Å². The first-order chi connectivity index (χ1) is 23.0. The van der Waals surface area contributed by atoms with Gasteiger partial charge in [0.25, 0.3) is 0 Å². The Labute approximate surface area is 272 Å². The maximum Gasteiger partial charge on any atom is 0.338 e. The molecule has 47 heavy (non-hydrogen) atoms. The van der Waals surface area contributed by atoms with Crippen LogP contribution in [-0.4, -0.2) is 38.4 Å². The van der Waals surface area contributed by atoms with Crippen LogP contribution in [0.2, 0.25) is 0 Å². The fourth-order valence-electron chi connectivity index (χ4n) is 5.88. The van der Waals surface area contributed by atoms with Crippen LogP contribution in [0.3, 0.4) is 0 Å². The van der Waals surface area contributed by atoms with Crippen LogP contribution in [0.15, 0.2) is 127 Å². The van der Waals surface area contributed by atoms with Gasteiger partial charge >= 0.3 is 11.9 Å². The van der Waals surface area contributed by atoms with E-state index in [1.54, 1.807) is 12.1 Å². The lowest BCUT2D eigenvalue weighted by atomic mass is 9.99. The summed E-state index contributed by atoms with van der Waals surface area (Å²) in [4.78, 5) is 25.6. The van der Waals surface area contributed by atoms with Crippen LogP contribution in [0.1, 0.15) is 26.3 Å². The van der Waals surface area contributed by atoms with Crippen molar-refractivity contribution in [1.82, 2.24) is 0 Å². The standard InChI is InChI=1S/C41H32O6/c1-27-14-19-36-37(24-27)39(45-21-23-47-41(43)33-18-16-29-9-3-5-11-31(29)26-33)35-13-7-6-12-34(35)38(36)44-20-22-46-40(42)32-17-15-28-8-2-4-10-30(28)25-32/h2-19,24-26H,20-23H2,1H3. The molecule has 7 aromatic rings. The van der Waals surface area contributed by atoms with Crippen molar-refractivity contribution in [2.24, 2.45) is 0 Å². The first-order valence-electron chi connectivity index (χ1n) is 15.6. The van der Waals surface area contributed by atoms with Crippen molar-refractivity contribution < 1.29 is 28.5 Å². The van der Waals surface area contributed by atoms with Gasteiger partial charge < -0.3 is 18.9 Å². The number of fused-ring (bicyclic) bond motifs is 4. The molecule has 0 aliphatic heterocycles. The summed E-state index contributed by atoms with van der Waals surface area (Å²) in [5, 5.41) is 7.59. The van der Waals surface area contributed by atoms with Gasteiger partial charge in [-0.2, -0.15) is 0 Å². The summed E-state index contributed by atoms with van der Waals surface area (Å²) in [6, 6.07) is 40.8. The summed E-state index contributed by atoms with van der Waals surface area (Å²) in [5.74, 6) is 0.591. The van der Waals surface area contributed by atoms with Crippen molar-refractivity contribution in [3.05, 3.63) is 144 Å². The monoisotopic (exact) mass is 620 g/mol. The highest BCUT2D eigenvalue weighted by Crippen LogP contribution is 2.43. The van der Waals surface area contributed by atoms with E-state index in [0.29, 0.717) is 22.6 Å². The normalized spacial score (nSPS) is 11.2. The van der Waals surface area contributed by atoms with Crippen molar-refractivity contribution in [1.29, 1.82) is 0 Å². The number of ether oxygens (including phenoxy) is 4. The minimum absolute atomic E-state index is 0.0914. The quantitative estimate of drug-likeness (QED) is 0.0863. The number of hydrogen-bond donors (Lipinski definition) is 0. The van der Waals surface area contributed by atoms with Gasteiger partial charge in [-0.25, -0.2) is 9.59 Å². The molecule has 0 amide bonds. The molecule has 7 aromatic carbocycles. The zero-order valence-electron chi connectivity index (χ0n) is 25.9. The lowest BCUT2D eigenvalue weighted by Crippen LogP contribution is -2.13. The number of carbonyl (C=O) groups is 2. The van der Waals surface area contributed by atoms with Gasteiger partial charge in [0.1, 0.15) is 37.9 Å². The second kappa shape index (κ2) is 13.2. The Hall–Kier alpha value is -5.88. The molecule has 232 valence electrons. The Morgan fingerprint density at radius 3 is 1.43 bits per heavy atom. The maximum absolute atomic E-state index is 12.8. The van der Waals surface area contributed by atoms with Crippen LogP contribution in [0, 0.1) is 6.92 Å². The van der Waals surface area contributed by atoms with E-state index >= 15 is 0 Å². The van der Waals surface area contributed by atoms with E-state index in [0.717, 1.165) is 48.7 Å². The van der Waals surface area contributed by atoms with Crippen LogP contribution >= 0.6 is 0 Å². The lowest BCUT2D eigenvalue weighted by Gasteiger charge is -2.18. The van der Waals surface area contributed by atoms with Crippen molar-refractivity contribution in [3.63, 3.8) is 0 Å². The summed E-state index contributed by atoms with van der Waals surface area (Å²) < 4.78 is 23.8. The third kappa shape index (κ3) is 6.31. The number of esters is 2. The average molecular weight is 621 g/mol. The molecule has 0 heterocycles. The van der Waals surface area contributed by atoms with E-state index < -0.39 is 11.9 Å². The first kappa shape index (κ1) is 29.8. The third-order valence-electron chi connectivity index (χ3n) is 8.18. The summed E-state index contributed by atoms with van der Waals surface area (Å²) in [5.41, 5.74) is 2.06. The fraction of sp³-hybridized carbons (Fsp3) is 0.122. The number of rotatable bonds is 10. The molecule has 0 saturated heterocycles. The van der Waals surface area contributed by atoms with Crippen LogP contribution in [0.5, 0.6) is 11.5 Å². The molecule has 0 aliphatic carbocycles. The SMILES string of the molecule is Cc1ccc2c(OCCOC(=O)c3ccc4ccccc4c3)c3ccccc3c(OCCOC(=O)c3ccc4ccccc4c3)c2c1. The van der Waals surface area contributed by atoms with Gasteiger partial charge in [0.2, 0.25) is 0 Å². The van der Waals surface area contributed by atoms with Crippen LogP contribution in [-0.2, 0) is 9.47 Å². The number of benzene rings is 7. The average Bonchev–Trinajstić information content (AvgIpc) is 3.11. The molecule has 6 heteroatoms. The Balaban J connectivity index is 1.05. The van der Waals surface area contributed by atoms with Crippen LogP contribution in [0.25, 0.3) is 43.1 Å². The molecular weight excluding hydrogens is 588 g/mol. The van der Waals surface area contributed by atoms with Crippen LogP contribution < -0.4 is 9.47 Å². The highest BCUT2D eigenvalue weighted by molar-refractivity contribution is 6.11. The minimum atomic E-state index is -0.394. The predicted octanol–water partition coefficient (Wildman–Crippen LogP) is 9.08. The molecular formula is C41H32O6. The third-order valence-corrected chi connectivity index (χ3v) is 8.18. The molecule has 0 radical (unpaired) electrons. The number of aryl methyl sites for hydroxylation is 1. The Bertz CT molecular complexity index is 2270. The van der Waals surface area contributed by atoms with Crippen molar-refractivity contribution in [3.8, 4) is 11.5 Å². The molecule has 0 N–H and O–H groups in total. The zero-order chi connectivity index (χ0) is 32.2. The lowest BCUT2D eigenvalue weighted by molar-refractivity contribution is 0.0443. The number of carbonyl (C=O) groups excluding carboxylic acids is 2. The second-order valence-electron chi connectivity index (χ2n) is 11.3. The number of hydrogen-bond acceptors (Lipinski definition) is 6. The Morgan fingerprint density at radius 2 is 0.894 bits per heavy atom. The molecule has 0 bridgehead atoms. The highest BCUT2D eigenvalue weighted by atomic mass is 16.6. The van der Waals surface area contributed by atoms with E-state index in [9.17, 15) is 9.59 Å². The molecule has 0 fully saturated rings. The fourth-order valence-corrected chi connectivity index (χ4v) is 5.88. The Morgan fingerprint density at radius 1 is 0.447 bits per heavy atom. The van der Waals surface area contributed by atoms with E-state index in [1.807, 2.05) is 116 Å². The molecule has 6 nitrogen and oxygen atoms in total. The molecule has 0 aromatic heterocycles. The first-order valence-corrected chi connectivity index (χ1v) is 15.6. The summed E-state index contributed by atoms with van der Waals surface area (Å²) in [6.07, 6.45) is 0. The summed E-state index contributed by atoms with van der Waals surface area (Å²) in [7, 11) is 0. The smallest absolute Gasteiger partial charge is 0.338 e. The van der Waals surface area contributed by atoms with Gasteiger partial charge in [-0.1, -0.05) is 103 Å². The summed E-state index contributed by atoms with van der Waals surface area (Å²) in [6.45, 7) is 2.56. The molecule has 0 unspecified atom stereocenters. The van der Waals surface area contributed by atoms with E-state index in [-0.39, 0.29) is 26.4 Å². The maximum atomic E-state index is 12.8. The highest BCUT2D eigenvalue weighted by Gasteiger charge is 2.17. The van der Waals surface area contributed by atoms with E-state index in [1.165, 1.54) is 0 Å². The summed E-state index contributed by atoms with van der Waals surface area (Å²) >= 11 is 0. The zero-order valence-corrected chi connectivity index (χ0v) is 25.9. The molecule has 7 rings (SSSR count). The molecule has 0 saturated carbocycles. The van der Waals surface area contributed by atoms with Crippen LogP contribution in [0.4, 0.5) is 0 Å². The molecule has 0 spiro atoms. The topological polar surface area (TPSA) is 71.1 Å². The van der Waals surface area contributed by atoms with Crippen molar-refractivity contribution in [2.75, 3.05) is 26.4 Å². The van der Waals surface area contributed by atoms with Crippen molar-refractivity contribution >= 4 is 55.0 Å². The minimum Gasteiger partial charge on any atom is -0.489 e. The molecule has 0 aliphatic rings. The Kier molecular flexibility index (Phi) is 8.39. The van der Waals surface area contributed by atoms with Gasteiger partial charge in [0.15, 0.2) is 0 Å². The van der Waals surface area contributed by atoms with Gasteiger partial charge in [0.05, 0.1) is 11.1 Å². The largest absolute Gasteiger partial charge is 0.489 e. The van der Waals surface area contributed by atoms with Crippen molar-refractivity contribution in [2.45, 2.75) is 6.92 Å². The second-order valence-corrected chi connectivity index (χ2v) is 11.3. The van der Waals surface area contributed by atoms with E-state index in [2.05, 4.69) is 6.07 Å². The van der Waals surface area contributed by atoms with Gasteiger partial charge in [-0.05, 0) is 58.8 Å². The molecule has 0 atom stereocenters. The van der Waals surface area contributed by atoms with E-state index in [4.69, 9.17) is 18.9 Å². The predicted molar refractivity (Wildman–Crippen MR) is 186 cm³/mol. The van der Waals surface area contributed by atoms with Gasteiger partial charge in [-0.3, -0.25) is 0 Å². The van der Waals surface area contributed by atoms with Gasteiger partial charge in [0, 0.05) is 21.5 Å².